The highest BCUT2D eigenvalue weighted by molar-refractivity contribution is 5.66. The van der Waals surface area contributed by atoms with E-state index in [-0.39, 0.29) is 6.42 Å². The molecule has 2 N–H and O–H groups in total. The van der Waals surface area contributed by atoms with Crippen molar-refractivity contribution in [2.75, 3.05) is 0 Å². The zero-order chi connectivity index (χ0) is 16.4. The van der Waals surface area contributed by atoms with E-state index >= 15 is 0 Å². The molecule has 1 rings (SSSR count). The van der Waals surface area contributed by atoms with Gasteiger partial charge in [-0.15, -0.1) is 0 Å². The molecule has 0 aliphatic rings. The molecule has 1 aromatic rings. The van der Waals surface area contributed by atoms with Gasteiger partial charge in [0, 0.05) is 6.42 Å². The molecule has 0 bridgehead atoms. The molecule has 3 heteroatoms. The lowest BCUT2D eigenvalue weighted by Gasteiger charge is -2.14. The monoisotopic (exact) mass is 306 g/mol. The standard InChI is InChI=1S/C19H30O3/c1-3-5-9-15-13-17(10-6-4-2)18(20)14-16(15)11-7-8-12-19(21)22/h13-14,20H,3-12H2,1-2H3,(H,21,22). The maximum atomic E-state index is 10.6. The number of hydrogen-bond acceptors (Lipinski definition) is 2. The summed E-state index contributed by atoms with van der Waals surface area (Å²) in [4.78, 5) is 10.6. The summed E-state index contributed by atoms with van der Waals surface area (Å²) in [5.41, 5.74) is 3.58. The second-order valence-electron chi connectivity index (χ2n) is 6.06. The second-order valence-corrected chi connectivity index (χ2v) is 6.06. The minimum absolute atomic E-state index is 0.227. The largest absolute Gasteiger partial charge is 0.508 e. The normalized spacial score (nSPS) is 10.8. The number of carboxylic acids is 1. The van der Waals surface area contributed by atoms with Crippen LogP contribution in [0.2, 0.25) is 0 Å². The third-order valence-corrected chi connectivity index (χ3v) is 4.09. The lowest BCUT2D eigenvalue weighted by atomic mass is 9.93. The van der Waals surface area contributed by atoms with Crippen molar-refractivity contribution in [3.63, 3.8) is 0 Å². The van der Waals surface area contributed by atoms with Crippen LogP contribution in [-0.2, 0) is 24.1 Å². The van der Waals surface area contributed by atoms with Gasteiger partial charge >= 0.3 is 5.97 Å². The van der Waals surface area contributed by atoms with Crippen LogP contribution >= 0.6 is 0 Å². The first-order valence-corrected chi connectivity index (χ1v) is 8.63. The van der Waals surface area contributed by atoms with E-state index in [0.717, 1.165) is 56.9 Å². The van der Waals surface area contributed by atoms with E-state index in [0.29, 0.717) is 12.2 Å². The van der Waals surface area contributed by atoms with E-state index in [4.69, 9.17) is 5.11 Å². The summed E-state index contributed by atoms with van der Waals surface area (Å²) in [6, 6.07) is 4.09. The minimum atomic E-state index is -0.732. The summed E-state index contributed by atoms with van der Waals surface area (Å²) in [5.74, 6) is -0.328. The topological polar surface area (TPSA) is 57.5 Å². The summed E-state index contributed by atoms with van der Waals surface area (Å²) in [6.45, 7) is 4.34. The van der Waals surface area contributed by atoms with E-state index in [1.165, 1.54) is 11.1 Å². The highest BCUT2D eigenvalue weighted by atomic mass is 16.4. The van der Waals surface area contributed by atoms with Crippen LogP contribution in [0.15, 0.2) is 12.1 Å². The van der Waals surface area contributed by atoms with Crippen LogP contribution in [0, 0.1) is 0 Å². The van der Waals surface area contributed by atoms with E-state index in [9.17, 15) is 9.90 Å². The van der Waals surface area contributed by atoms with Gasteiger partial charge in [-0.25, -0.2) is 0 Å². The average molecular weight is 306 g/mol. The van der Waals surface area contributed by atoms with Gasteiger partial charge in [0.15, 0.2) is 0 Å². The van der Waals surface area contributed by atoms with Crippen LogP contribution in [0.25, 0.3) is 0 Å². The third-order valence-electron chi connectivity index (χ3n) is 4.09. The predicted octanol–water partition coefficient (Wildman–Crippen LogP) is 4.87. The van der Waals surface area contributed by atoms with Gasteiger partial charge in [0.25, 0.3) is 0 Å². The quantitative estimate of drug-likeness (QED) is 0.573. The summed E-state index contributed by atoms with van der Waals surface area (Å²) >= 11 is 0. The molecular formula is C19H30O3. The van der Waals surface area contributed by atoms with Gasteiger partial charge in [-0.2, -0.15) is 0 Å². The first kappa shape index (κ1) is 18.5. The fraction of sp³-hybridized carbons (Fsp3) is 0.632. The van der Waals surface area contributed by atoms with Gasteiger partial charge in [0.1, 0.15) is 5.75 Å². The molecule has 0 aromatic heterocycles. The molecule has 0 fully saturated rings. The van der Waals surface area contributed by atoms with Crippen molar-refractivity contribution in [3.8, 4) is 5.75 Å². The summed E-state index contributed by atoms with van der Waals surface area (Å²) < 4.78 is 0. The van der Waals surface area contributed by atoms with Crippen LogP contribution in [0.5, 0.6) is 5.75 Å². The number of hydrogen-bond donors (Lipinski definition) is 2. The Morgan fingerprint density at radius 2 is 1.41 bits per heavy atom. The number of rotatable bonds is 11. The van der Waals surface area contributed by atoms with Crippen molar-refractivity contribution in [2.24, 2.45) is 0 Å². The number of phenols is 1. The highest BCUT2D eigenvalue weighted by Crippen LogP contribution is 2.27. The number of carboxylic acid groups (broad SMARTS) is 1. The summed E-state index contributed by atoms with van der Waals surface area (Å²) in [5, 5.41) is 18.9. The lowest BCUT2D eigenvalue weighted by molar-refractivity contribution is -0.137. The van der Waals surface area contributed by atoms with Crippen molar-refractivity contribution in [1.82, 2.24) is 0 Å². The van der Waals surface area contributed by atoms with E-state index < -0.39 is 5.97 Å². The van der Waals surface area contributed by atoms with Gasteiger partial charge in [-0.3, -0.25) is 4.79 Å². The Hall–Kier alpha value is -1.51. The number of aryl methyl sites for hydroxylation is 3. The second kappa shape index (κ2) is 10.3. The maximum Gasteiger partial charge on any atom is 0.303 e. The molecule has 124 valence electrons. The number of aliphatic carboxylic acids is 1. The molecule has 0 amide bonds. The third kappa shape index (κ3) is 6.50. The zero-order valence-electron chi connectivity index (χ0n) is 14.0. The Labute approximate surface area is 134 Å². The fourth-order valence-corrected chi connectivity index (χ4v) is 2.72. The minimum Gasteiger partial charge on any atom is -0.508 e. The van der Waals surface area contributed by atoms with Crippen LogP contribution in [-0.4, -0.2) is 16.2 Å². The predicted molar refractivity (Wildman–Crippen MR) is 90.5 cm³/mol. The average Bonchev–Trinajstić information content (AvgIpc) is 2.49. The highest BCUT2D eigenvalue weighted by Gasteiger charge is 2.09. The number of phenolic OH excluding ortho intramolecular Hbond substituents is 1. The first-order valence-electron chi connectivity index (χ1n) is 8.63. The van der Waals surface area contributed by atoms with Gasteiger partial charge in [0.2, 0.25) is 0 Å². The Balaban J connectivity index is 2.78. The van der Waals surface area contributed by atoms with Gasteiger partial charge in [0.05, 0.1) is 0 Å². The van der Waals surface area contributed by atoms with Gasteiger partial charge < -0.3 is 10.2 Å². The number of carbonyl (C=O) groups is 1. The Morgan fingerprint density at radius 1 is 0.864 bits per heavy atom. The molecule has 0 aliphatic carbocycles. The van der Waals surface area contributed by atoms with Crippen LogP contribution in [0.1, 0.15) is 75.5 Å². The van der Waals surface area contributed by atoms with Crippen molar-refractivity contribution >= 4 is 5.97 Å². The molecule has 0 saturated heterocycles. The van der Waals surface area contributed by atoms with Crippen molar-refractivity contribution in [1.29, 1.82) is 0 Å². The molecule has 3 nitrogen and oxygen atoms in total. The maximum absolute atomic E-state index is 10.6. The Kier molecular flexibility index (Phi) is 8.64. The number of benzene rings is 1. The van der Waals surface area contributed by atoms with Crippen molar-refractivity contribution < 1.29 is 15.0 Å². The van der Waals surface area contributed by atoms with E-state index in [1.807, 2.05) is 6.07 Å². The summed E-state index contributed by atoms with van der Waals surface area (Å²) in [7, 11) is 0. The van der Waals surface area contributed by atoms with Crippen LogP contribution < -0.4 is 0 Å². The van der Waals surface area contributed by atoms with Crippen molar-refractivity contribution in [2.45, 2.75) is 78.1 Å². The Morgan fingerprint density at radius 3 is 2.00 bits per heavy atom. The van der Waals surface area contributed by atoms with Gasteiger partial charge in [-0.05, 0) is 67.7 Å². The molecule has 0 unspecified atom stereocenters. The Bertz CT molecular complexity index is 466. The molecule has 1 aromatic carbocycles. The molecule has 0 radical (unpaired) electrons. The van der Waals surface area contributed by atoms with E-state index in [2.05, 4.69) is 19.9 Å². The molecule has 0 spiro atoms. The molecule has 0 heterocycles. The molecule has 0 atom stereocenters. The smallest absolute Gasteiger partial charge is 0.303 e. The van der Waals surface area contributed by atoms with Crippen LogP contribution in [0.3, 0.4) is 0 Å². The number of aromatic hydroxyl groups is 1. The molecule has 22 heavy (non-hydrogen) atoms. The molecule has 0 aliphatic heterocycles. The molecular weight excluding hydrogens is 276 g/mol. The first-order chi connectivity index (χ1) is 10.6. The van der Waals surface area contributed by atoms with Crippen molar-refractivity contribution in [3.05, 3.63) is 28.8 Å². The summed E-state index contributed by atoms with van der Waals surface area (Å²) in [6.07, 6.45) is 9.15. The fourth-order valence-electron chi connectivity index (χ4n) is 2.72. The van der Waals surface area contributed by atoms with Gasteiger partial charge in [-0.1, -0.05) is 32.8 Å². The lowest BCUT2D eigenvalue weighted by Crippen LogP contribution is -2.00. The van der Waals surface area contributed by atoms with Crippen LogP contribution in [0.4, 0.5) is 0 Å². The molecule has 0 saturated carbocycles. The SMILES string of the molecule is CCCCc1cc(CCCC)c(CCCCC(=O)O)cc1O. The van der Waals surface area contributed by atoms with E-state index in [1.54, 1.807) is 0 Å². The zero-order valence-corrected chi connectivity index (χ0v) is 14.0. The number of unbranched alkanes of at least 4 members (excludes halogenated alkanes) is 3.